The van der Waals surface area contributed by atoms with Crippen LogP contribution in [0.15, 0.2) is 67.1 Å². The van der Waals surface area contributed by atoms with E-state index in [-0.39, 0.29) is 24.3 Å². The van der Waals surface area contributed by atoms with Gasteiger partial charge in [0.1, 0.15) is 5.78 Å². The predicted molar refractivity (Wildman–Crippen MR) is 104 cm³/mol. The number of aryl methyl sites for hydroxylation is 1. The van der Waals surface area contributed by atoms with Crippen molar-refractivity contribution in [2.45, 2.75) is 38.3 Å². The Bertz CT molecular complexity index is 954. The zero-order valence-corrected chi connectivity index (χ0v) is 16.0. The monoisotopic (exact) mass is 398 g/mol. The first kappa shape index (κ1) is 20.7. The van der Waals surface area contributed by atoms with Gasteiger partial charge in [0.05, 0.1) is 11.3 Å². The summed E-state index contributed by atoms with van der Waals surface area (Å²) in [5.74, 6) is -0.941. The number of carbonyl (C=O) groups excluding carboxylic acids is 1. The topological polar surface area (TPSA) is 42.9 Å². The number of benzene rings is 1. The van der Waals surface area contributed by atoms with Gasteiger partial charge in [0, 0.05) is 37.4 Å². The molecule has 0 bridgehead atoms. The molecular formula is C23H21F3N2O. The summed E-state index contributed by atoms with van der Waals surface area (Å²) in [5.41, 5.74) is 1.52. The number of hydrogen-bond donors (Lipinski definition) is 0. The van der Waals surface area contributed by atoms with E-state index >= 15 is 0 Å². The van der Waals surface area contributed by atoms with Crippen LogP contribution in [-0.2, 0) is 23.8 Å². The molecule has 0 saturated carbocycles. The summed E-state index contributed by atoms with van der Waals surface area (Å²) in [7, 11) is 0. The van der Waals surface area contributed by atoms with Crippen molar-refractivity contribution in [3.05, 3.63) is 95.1 Å². The number of pyridine rings is 2. The molecule has 0 aliphatic rings. The van der Waals surface area contributed by atoms with Crippen molar-refractivity contribution in [1.29, 1.82) is 0 Å². The smallest absolute Gasteiger partial charge is 0.299 e. The van der Waals surface area contributed by atoms with Crippen LogP contribution in [0.2, 0.25) is 0 Å². The Morgan fingerprint density at radius 2 is 1.72 bits per heavy atom. The normalized spacial score (nSPS) is 12.6. The highest BCUT2D eigenvalue weighted by molar-refractivity contribution is 5.82. The second-order valence-corrected chi connectivity index (χ2v) is 6.86. The van der Waals surface area contributed by atoms with Crippen molar-refractivity contribution in [3.63, 3.8) is 0 Å². The number of Topliss-reactive ketones (excluding diaryl/α,β-unsaturated/α-hetero) is 1. The number of rotatable bonds is 7. The average molecular weight is 398 g/mol. The summed E-state index contributed by atoms with van der Waals surface area (Å²) in [4.78, 5) is 20.7. The lowest BCUT2D eigenvalue weighted by atomic mass is 9.86. The summed E-state index contributed by atoms with van der Waals surface area (Å²) >= 11 is 0. The van der Waals surface area contributed by atoms with E-state index in [0.29, 0.717) is 5.56 Å². The van der Waals surface area contributed by atoms with Gasteiger partial charge < -0.3 is 0 Å². The van der Waals surface area contributed by atoms with E-state index in [4.69, 9.17) is 0 Å². The van der Waals surface area contributed by atoms with E-state index in [1.165, 1.54) is 12.3 Å². The third-order valence-electron chi connectivity index (χ3n) is 4.82. The lowest BCUT2D eigenvalue weighted by Gasteiger charge is -2.21. The van der Waals surface area contributed by atoms with E-state index in [1.807, 2.05) is 19.1 Å². The van der Waals surface area contributed by atoms with Gasteiger partial charge in [0.25, 0.3) is 0 Å². The third kappa shape index (κ3) is 5.28. The first-order chi connectivity index (χ1) is 13.9. The van der Waals surface area contributed by atoms with Gasteiger partial charge in [0.2, 0.25) is 0 Å². The van der Waals surface area contributed by atoms with Crippen LogP contribution in [-0.4, -0.2) is 15.8 Å². The number of hydrogen-bond acceptors (Lipinski definition) is 3. The molecule has 0 radical (unpaired) electrons. The number of ketones is 1. The Kier molecular flexibility index (Phi) is 6.42. The molecule has 29 heavy (non-hydrogen) atoms. The van der Waals surface area contributed by atoms with Crippen molar-refractivity contribution >= 4 is 5.78 Å². The van der Waals surface area contributed by atoms with Gasteiger partial charge in [0.15, 0.2) is 0 Å². The lowest BCUT2D eigenvalue weighted by molar-refractivity contribution is -0.138. The quantitative estimate of drug-likeness (QED) is 0.536. The fourth-order valence-electron chi connectivity index (χ4n) is 3.32. The van der Waals surface area contributed by atoms with Gasteiger partial charge in [-0.2, -0.15) is 13.2 Å². The number of aromatic nitrogens is 2. The van der Waals surface area contributed by atoms with Crippen LogP contribution in [0.4, 0.5) is 13.2 Å². The van der Waals surface area contributed by atoms with Crippen LogP contribution in [0.1, 0.15) is 47.2 Å². The van der Waals surface area contributed by atoms with E-state index in [1.54, 1.807) is 36.7 Å². The van der Waals surface area contributed by atoms with Gasteiger partial charge in [-0.3, -0.25) is 14.8 Å². The van der Waals surface area contributed by atoms with Crippen LogP contribution < -0.4 is 0 Å². The van der Waals surface area contributed by atoms with Gasteiger partial charge in [-0.1, -0.05) is 37.3 Å². The summed E-state index contributed by atoms with van der Waals surface area (Å²) in [6.45, 7) is 2.00. The second kappa shape index (κ2) is 8.99. The molecule has 1 aromatic carbocycles. The fourth-order valence-corrected chi connectivity index (χ4v) is 3.32. The second-order valence-electron chi connectivity index (χ2n) is 6.86. The minimum Gasteiger partial charge on any atom is -0.299 e. The Morgan fingerprint density at radius 3 is 2.34 bits per heavy atom. The van der Waals surface area contributed by atoms with Crippen LogP contribution in [0, 0.1) is 0 Å². The highest BCUT2D eigenvalue weighted by atomic mass is 19.4. The summed E-state index contributed by atoms with van der Waals surface area (Å²) < 4.78 is 40.8. The molecule has 0 amide bonds. The van der Waals surface area contributed by atoms with E-state index in [9.17, 15) is 18.0 Å². The van der Waals surface area contributed by atoms with E-state index < -0.39 is 17.7 Å². The minimum atomic E-state index is -4.54. The van der Waals surface area contributed by atoms with Crippen LogP contribution in [0.25, 0.3) is 0 Å². The van der Waals surface area contributed by atoms with Crippen molar-refractivity contribution < 1.29 is 18.0 Å². The SMILES string of the molecule is CCc1ccc([C@H](CC(=O)Cc2cccnc2)c2ncccc2C(F)(F)F)cc1. The van der Waals surface area contributed by atoms with Gasteiger partial charge in [-0.15, -0.1) is 0 Å². The maximum Gasteiger partial charge on any atom is 0.418 e. The molecule has 6 heteroatoms. The van der Waals surface area contributed by atoms with E-state index in [0.717, 1.165) is 23.6 Å². The molecule has 0 unspecified atom stereocenters. The van der Waals surface area contributed by atoms with Crippen molar-refractivity contribution in [2.24, 2.45) is 0 Å². The predicted octanol–water partition coefficient (Wildman–Crippen LogP) is 5.39. The zero-order valence-electron chi connectivity index (χ0n) is 16.0. The molecule has 3 aromatic rings. The Morgan fingerprint density at radius 1 is 1.00 bits per heavy atom. The van der Waals surface area contributed by atoms with Crippen LogP contribution in [0.3, 0.4) is 0 Å². The molecule has 3 rings (SSSR count). The molecule has 150 valence electrons. The molecule has 2 heterocycles. The fraction of sp³-hybridized carbons (Fsp3) is 0.261. The third-order valence-corrected chi connectivity index (χ3v) is 4.82. The minimum absolute atomic E-state index is 0.0690. The standard InChI is InChI=1S/C23H21F3N2O/c1-2-16-7-9-18(10-8-16)20(14-19(29)13-17-5-3-11-27-15-17)22-21(23(24,25)26)6-4-12-28-22/h3-12,15,20H,2,13-14H2,1H3/t20-/m0/s1. The molecule has 2 aromatic heterocycles. The maximum absolute atomic E-state index is 13.6. The highest BCUT2D eigenvalue weighted by Gasteiger charge is 2.36. The van der Waals surface area contributed by atoms with E-state index in [2.05, 4.69) is 9.97 Å². The molecule has 0 fully saturated rings. The first-order valence-electron chi connectivity index (χ1n) is 9.40. The zero-order chi connectivity index (χ0) is 20.9. The number of halogens is 3. The average Bonchev–Trinajstić information content (AvgIpc) is 2.72. The van der Waals surface area contributed by atoms with Crippen molar-refractivity contribution in [3.8, 4) is 0 Å². The lowest BCUT2D eigenvalue weighted by Crippen LogP contribution is -2.18. The molecule has 1 atom stereocenters. The molecule has 0 aliphatic heterocycles. The Hall–Kier alpha value is -3.02. The summed E-state index contributed by atoms with van der Waals surface area (Å²) in [6.07, 6.45) is 0.857. The Labute approximate surface area is 167 Å². The molecule has 0 aliphatic carbocycles. The largest absolute Gasteiger partial charge is 0.418 e. The Balaban J connectivity index is 1.97. The molecule has 3 nitrogen and oxygen atoms in total. The van der Waals surface area contributed by atoms with Gasteiger partial charge in [-0.25, -0.2) is 0 Å². The number of alkyl halides is 3. The molecule has 0 N–H and O–H groups in total. The van der Waals surface area contributed by atoms with Crippen molar-refractivity contribution in [2.75, 3.05) is 0 Å². The first-order valence-corrected chi connectivity index (χ1v) is 9.40. The molecule has 0 saturated heterocycles. The van der Waals surface area contributed by atoms with Gasteiger partial charge >= 0.3 is 6.18 Å². The van der Waals surface area contributed by atoms with Crippen LogP contribution in [0.5, 0.6) is 0 Å². The summed E-state index contributed by atoms with van der Waals surface area (Å²) in [5, 5.41) is 0. The highest BCUT2D eigenvalue weighted by Crippen LogP contribution is 2.38. The maximum atomic E-state index is 13.6. The van der Waals surface area contributed by atoms with Crippen molar-refractivity contribution in [1.82, 2.24) is 9.97 Å². The number of carbonyl (C=O) groups is 1. The molecule has 0 spiro atoms. The van der Waals surface area contributed by atoms with Crippen LogP contribution >= 0.6 is 0 Å². The van der Waals surface area contributed by atoms with Gasteiger partial charge in [-0.05, 0) is 41.3 Å². The molecular weight excluding hydrogens is 377 g/mol. The number of nitrogens with zero attached hydrogens (tertiary/aromatic N) is 2. The summed E-state index contributed by atoms with van der Waals surface area (Å²) in [6, 6.07) is 13.1.